The molecule has 2 rings (SSSR count). The van der Waals surface area contributed by atoms with Gasteiger partial charge in [-0.3, -0.25) is 19.7 Å². The van der Waals surface area contributed by atoms with E-state index >= 15 is 0 Å². The molecule has 0 aliphatic heterocycles. The van der Waals surface area contributed by atoms with Gasteiger partial charge in [-0.25, -0.2) is 0 Å². The number of nitro benzene ring substituents is 1. The molecule has 0 aliphatic carbocycles. The molecule has 7 heteroatoms. The molecule has 2 aromatic rings. The predicted molar refractivity (Wildman–Crippen MR) is 103 cm³/mol. The maximum absolute atomic E-state index is 12.1. The Morgan fingerprint density at radius 3 is 2.67 bits per heavy atom. The van der Waals surface area contributed by atoms with Crippen molar-refractivity contribution in [1.82, 2.24) is 0 Å². The molecule has 1 N–H and O–H groups in total. The van der Waals surface area contributed by atoms with Crippen LogP contribution in [-0.2, 0) is 4.79 Å². The molecule has 0 spiro atoms. The number of rotatable bonds is 8. The van der Waals surface area contributed by atoms with E-state index in [1.807, 2.05) is 6.92 Å². The standard InChI is InChI=1S/C20H20N2O5/c1-3-11-27-19-9-7-15(12-18(19)22(25)26)8-10-20(24)21-17-6-4-5-16(13-17)14(2)23/h4-10,12-13H,3,11H2,1-2H3,(H,21,24)/b10-8+. The molecule has 0 radical (unpaired) electrons. The van der Waals surface area contributed by atoms with E-state index in [9.17, 15) is 19.7 Å². The summed E-state index contributed by atoms with van der Waals surface area (Å²) in [6, 6.07) is 11.1. The minimum Gasteiger partial charge on any atom is -0.487 e. The zero-order valence-electron chi connectivity index (χ0n) is 15.1. The van der Waals surface area contributed by atoms with Crippen LogP contribution in [-0.4, -0.2) is 23.2 Å². The lowest BCUT2D eigenvalue weighted by Gasteiger charge is -2.06. The van der Waals surface area contributed by atoms with Crippen molar-refractivity contribution >= 4 is 29.1 Å². The largest absolute Gasteiger partial charge is 0.487 e. The summed E-state index contributed by atoms with van der Waals surface area (Å²) in [4.78, 5) is 34.1. The highest BCUT2D eigenvalue weighted by Gasteiger charge is 2.15. The number of carbonyl (C=O) groups is 2. The molecule has 0 bridgehead atoms. The highest BCUT2D eigenvalue weighted by molar-refractivity contribution is 6.03. The first-order valence-electron chi connectivity index (χ1n) is 8.42. The molecule has 0 atom stereocenters. The quantitative estimate of drug-likeness (QED) is 0.325. The summed E-state index contributed by atoms with van der Waals surface area (Å²) >= 11 is 0. The second kappa shape index (κ2) is 9.28. The molecular weight excluding hydrogens is 348 g/mol. The Morgan fingerprint density at radius 2 is 2.00 bits per heavy atom. The van der Waals surface area contributed by atoms with Crippen molar-refractivity contribution in [3.63, 3.8) is 0 Å². The molecule has 27 heavy (non-hydrogen) atoms. The lowest BCUT2D eigenvalue weighted by molar-refractivity contribution is -0.385. The van der Waals surface area contributed by atoms with Gasteiger partial charge in [0.1, 0.15) is 0 Å². The van der Waals surface area contributed by atoms with Gasteiger partial charge in [0.25, 0.3) is 0 Å². The molecule has 0 unspecified atom stereocenters. The summed E-state index contributed by atoms with van der Waals surface area (Å²) < 4.78 is 5.37. The van der Waals surface area contributed by atoms with Crippen LogP contribution in [0.4, 0.5) is 11.4 Å². The van der Waals surface area contributed by atoms with Crippen LogP contribution in [0.2, 0.25) is 0 Å². The van der Waals surface area contributed by atoms with Crippen molar-refractivity contribution in [2.75, 3.05) is 11.9 Å². The zero-order valence-corrected chi connectivity index (χ0v) is 15.1. The van der Waals surface area contributed by atoms with E-state index in [1.54, 1.807) is 30.3 Å². The third-order valence-corrected chi connectivity index (χ3v) is 3.61. The number of nitro groups is 1. The molecule has 7 nitrogen and oxygen atoms in total. The third-order valence-electron chi connectivity index (χ3n) is 3.61. The molecule has 1 amide bonds. The van der Waals surface area contributed by atoms with Gasteiger partial charge >= 0.3 is 5.69 Å². The maximum Gasteiger partial charge on any atom is 0.311 e. The van der Waals surface area contributed by atoms with E-state index in [0.29, 0.717) is 23.4 Å². The Morgan fingerprint density at radius 1 is 1.22 bits per heavy atom. The topological polar surface area (TPSA) is 98.5 Å². The predicted octanol–water partition coefficient (Wildman–Crippen LogP) is 4.24. The van der Waals surface area contributed by atoms with Crippen LogP contribution >= 0.6 is 0 Å². The second-order valence-corrected chi connectivity index (χ2v) is 5.79. The molecule has 0 fully saturated rings. The van der Waals surface area contributed by atoms with E-state index in [1.165, 1.54) is 31.2 Å². The smallest absolute Gasteiger partial charge is 0.311 e. The van der Waals surface area contributed by atoms with E-state index in [4.69, 9.17) is 4.74 Å². The fourth-order valence-corrected chi connectivity index (χ4v) is 2.29. The summed E-state index contributed by atoms with van der Waals surface area (Å²) in [5.41, 5.74) is 1.33. The van der Waals surface area contributed by atoms with Gasteiger partial charge in [-0.2, -0.15) is 0 Å². The zero-order chi connectivity index (χ0) is 19.8. The maximum atomic E-state index is 12.1. The summed E-state index contributed by atoms with van der Waals surface area (Å²) in [7, 11) is 0. The fraction of sp³-hybridized carbons (Fsp3) is 0.200. The van der Waals surface area contributed by atoms with Gasteiger partial charge in [0.05, 0.1) is 11.5 Å². The number of nitrogens with one attached hydrogen (secondary N) is 1. The lowest BCUT2D eigenvalue weighted by atomic mass is 10.1. The summed E-state index contributed by atoms with van der Waals surface area (Å²) in [6.45, 7) is 3.74. The van der Waals surface area contributed by atoms with Crippen molar-refractivity contribution in [2.24, 2.45) is 0 Å². The SMILES string of the molecule is CCCOc1ccc(/C=C/C(=O)Nc2cccc(C(C)=O)c2)cc1[N+](=O)[O-]. The number of hydrogen-bond acceptors (Lipinski definition) is 5. The summed E-state index contributed by atoms with van der Waals surface area (Å²) in [5, 5.41) is 13.8. The first-order chi connectivity index (χ1) is 12.9. The second-order valence-electron chi connectivity index (χ2n) is 5.79. The van der Waals surface area contributed by atoms with Crippen molar-refractivity contribution < 1.29 is 19.2 Å². The highest BCUT2D eigenvalue weighted by Crippen LogP contribution is 2.28. The van der Waals surface area contributed by atoms with Crippen LogP contribution in [0.3, 0.4) is 0 Å². The normalized spacial score (nSPS) is 10.6. The van der Waals surface area contributed by atoms with Crippen LogP contribution in [0, 0.1) is 10.1 Å². The van der Waals surface area contributed by atoms with Crippen molar-refractivity contribution in [2.45, 2.75) is 20.3 Å². The van der Waals surface area contributed by atoms with Crippen LogP contribution in [0.15, 0.2) is 48.5 Å². The first kappa shape index (κ1) is 19.8. The third kappa shape index (κ3) is 5.78. The number of ether oxygens (including phenoxy) is 1. The van der Waals surface area contributed by atoms with Gasteiger partial charge in [0, 0.05) is 23.4 Å². The average Bonchev–Trinajstić information content (AvgIpc) is 2.65. The monoisotopic (exact) mass is 368 g/mol. The Kier molecular flexibility index (Phi) is 6.82. The number of amides is 1. The molecule has 140 valence electrons. The van der Waals surface area contributed by atoms with Gasteiger partial charge in [0.15, 0.2) is 11.5 Å². The molecule has 0 heterocycles. The lowest BCUT2D eigenvalue weighted by Crippen LogP contribution is -2.08. The molecule has 0 aliphatic rings. The number of ketones is 1. The van der Waals surface area contributed by atoms with Crippen LogP contribution < -0.4 is 10.1 Å². The Balaban J connectivity index is 2.11. The first-order valence-corrected chi connectivity index (χ1v) is 8.42. The highest BCUT2D eigenvalue weighted by atomic mass is 16.6. The number of anilines is 1. The molecule has 0 aromatic heterocycles. The van der Waals surface area contributed by atoms with E-state index in [2.05, 4.69) is 5.32 Å². The minimum absolute atomic E-state index is 0.0978. The number of Topliss-reactive ketones (excluding diaryl/α,β-unsaturated/α-hetero) is 1. The summed E-state index contributed by atoms with van der Waals surface area (Å²) in [6.07, 6.45) is 3.48. The Hall–Kier alpha value is -3.48. The fourth-order valence-electron chi connectivity index (χ4n) is 2.29. The number of benzene rings is 2. The van der Waals surface area contributed by atoms with Crippen LogP contribution in [0.1, 0.15) is 36.2 Å². The average molecular weight is 368 g/mol. The van der Waals surface area contributed by atoms with Crippen molar-refractivity contribution in [3.8, 4) is 5.75 Å². The molecule has 0 saturated heterocycles. The van der Waals surface area contributed by atoms with Gasteiger partial charge in [-0.15, -0.1) is 0 Å². The van der Waals surface area contributed by atoms with E-state index < -0.39 is 10.8 Å². The molecular formula is C20H20N2O5. The Labute approximate surface area is 156 Å². The van der Waals surface area contributed by atoms with Crippen LogP contribution in [0.25, 0.3) is 6.08 Å². The van der Waals surface area contributed by atoms with Crippen molar-refractivity contribution in [3.05, 3.63) is 69.8 Å². The van der Waals surface area contributed by atoms with Gasteiger partial charge < -0.3 is 10.1 Å². The number of hydrogen-bond donors (Lipinski definition) is 1. The van der Waals surface area contributed by atoms with Gasteiger partial charge in [0.2, 0.25) is 5.91 Å². The minimum atomic E-state index is -0.518. The van der Waals surface area contributed by atoms with Gasteiger partial charge in [-0.1, -0.05) is 25.1 Å². The Bertz CT molecular complexity index is 890. The number of nitrogens with zero attached hydrogens (tertiary/aromatic N) is 1. The van der Waals surface area contributed by atoms with E-state index in [-0.39, 0.29) is 17.2 Å². The van der Waals surface area contributed by atoms with Crippen molar-refractivity contribution in [1.29, 1.82) is 0 Å². The van der Waals surface area contributed by atoms with E-state index in [0.717, 1.165) is 6.42 Å². The molecule has 2 aromatic carbocycles. The van der Waals surface area contributed by atoms with Gasteiger partial charge in [-0.05, 0) is 43.2 Å². The molecule has 0 saturated carbocycles. The summed E-state index contributed by atoms with van der Waals surface area (Å²) in [5.74, 6) is -0.312. The number of carbonyl (C=O) groups excluding carboxylic acids is 2. The van der Waals surface area contributed by atoms with Crippen LogP contribution in [0.5, 0.6) is 5.75 Å².